The van der Waals surface area contributed by atoms with E-state index in [-0.39, 0.29) is 17.6 Å². The van der Waals surface area contributed by atoms with E-state index in [1.165, 1.54) is 4.90 Å². The molecule has 0 aliphatic carbocycles. The number of aryl methyl sites for hydroxylation is 1. The van der Waals surface area contributed by atoms with Gasteiger partial charge in [0.1, 0.15) is 5.76 Å². The second kappa shape index (κ2) is 8.09. The molecule has 0 atom stereocenters. The minimum absolute atomic E-state index is 0.0940. The summed E-state index contributed by atoms with van der Waals surface area (Å²) in [6.45, 7) is 1.80. The molecule has 0 aliphatic rings. The first-order valence-electron chi connectivity index (χ1n) is 8.06. The lowest BCUT2D eigenvalue weighted by molar-refractivity contribution is -0.113. The molecular formula is C18H18N4O4S. The Morgan fingerprint density at radius 2 is 1.89 bits per heavy atom. The monoisotopic (exact) mass is 386 g/mol. The lowest BCUT2D eigenvalue weighted by Crippen LogP contribution is -2.21. The van der Waals surface area contributed by atoms with Crippen molar-refractivity contribution in [2.75, 3.05) is 25.2 Å². The summed E-state index contributed by atoms with van der Waals surface area (Å²) in [7, 11) is 3.37. The quantitative estimate of drug-likeness (QED) is 0.650. The van der Waals surface area contributed by atoms with Gasteiger partial charge in [-0.15, -0.1) is 10.2 Å². The van der Waals surface area contributed by atoms with Gasteiger partial charge in [-0.25, -0.2) is 0 Å². The number of rotatable bonds is 6. The largest absolute Gasteiger partial charge is 0.469 e. The molecule has 2 amide bonds. The molecule has 0 spiro atoms. The number of nitrogens with one attached hydrogen (secondary N) is 1. The molecule has 2 aromatic heterocycles. The van der Waals surface area contributed by atoms with Crippen LogP contribution in [0.3, 0.4) is 0 Å². The Hall–Kier alpha value is -3.07. The Kier molecular flexibility index (Phi) is 5.60. The van der Waals surface area contributed by atoms with Gasteiger partial charge in [-0.1, -0.05) is 11.8 Å². The van der Waals surface area contributed by atoms with Crippen molar-refractivity contribution < 1.29 is 18.4 Å². The summed E-state index contributed by atoms with van der Waals surface area (Å²) in [4.78, 5) is 25.4. The molecule has 0 saturated carbocycles. The van der Waals surface area contributed by atoms with E-state index in [2.05, 4.69) is 15.5 Å². The van der Waals surface area contributed by atoms with Crippen LogP contribution in [0, 0.1) is 6.92 Å². The molecular weight excluding hydrogens is 368 g/mol. The van der Waals surface area contributed by atoms with Crippen LogP contribution >= 0.6 is 11.8 Å². The van der Waals surface area contributed by atoms with Gasteiger partial charge in [0, 0.05) is 25.3 Å². The maximum absolute atomic E-state index is 12.1. The van der Waals surface area contributed by atoms with E-state index in [0.29, 0.717) is 28.1 Å². The highest BCUT2D eigenvalue weighted by molar-refractivity contribution is 7.99. The van der Waals surface area contributed by atoms with Gasteiger partial charge in [-0.05, 0) is 37.3 Å². The molecule has 0 aliphatic heterocycles. The van der Waals surface area contributed by atoms with Gasteiger partial charge in [0.25, 0.3) is 17.0 Å². The fraction of sp³-hybridized carbons (Fsp3) is 0.222. The predicted octanol–water partition coefficient (Wildman–Crippen LogP) is 3.07. The van der Waals surface area contributed by atoms with Gasteiger partial charge in [0.05, 0.1) is 17.6 Å². The van der Waals surface area contributed by atoms with Gasteiger partial charge in [-0.2, -0.15) is 0 Å². The summed E-state index contributed by atoms with van der Waals surface area (Å²) < 4.78 is 10.7. The maximum atomic E-state index is 12.1. The molecule has 9 heteroatoms. The van der Waals surface area contributed by atoms with Gasteiger partial charge in [0.2, 0.25) is 5.91 Å². The van der Waals surface area contributed by atoms with E-state index < -0.39 is 0 Å². The van der Waals surface area contributed by atoms with E-state index in [1.807, 2.05) is 0 Å². The Morgan fingerprint density at radius 3 is 2.52 bits per heavy atom. The summed E-state index contributed by atoms with van der Waals surface area (Å²) in [6.07, 6.45) is 1.55. The summed E-state index contributed by atoms with van der Waals surface area (Å²) in [5.41, 5.74) is 1.89. The van der Waals surface area contributed by atoms with E-state index in [4.69, 9.17) is 8.83 Å². The number of nitrogens with zero attached hydrogens (tertiary/aromatic N) is 3. The fourth-order valence-electron chi connectivity index (χ4n) is 2.26. The number of amides is 2. The normalized spacial score (nSPS) is 10.6. The summed E-state index contributed by atoms with van der Waals surface area (Å²) in [6, 6.07) is 8.46. The molecule has 2 heterocycles. The van der Waals surface area contributed by atoms with E-state index in [1.54, 1.807) is 57.6 Å². The second-order valence-corrected chi connectivity index (χ2v) is 6.80. The molecule has 3 aromatic rings. The van der Waals surface area contributed by atoms with Gasteiger partial charge in [0.15, 0.2) is 0 Å². The standard InChI is InChI=1S/C18H18N4O4S/c1-11-14(8-9-25-11)16-20-21-18(26-16)27-10-15(23)19-13-6-4-12(5-7-13)17(24)22(2)3/h4-9H,10H2,1-3H3,(H,19,23). The molecule has 1 N–H and O–H groups in total. The average molecular weight is 386 g/mol. The van der Waals surface area contributed by atoms with Crippen LogP contribution in [0.1, 0.15) is 16.1 Å². The minimum atomic E-state index is -0.217. The Balaban J connectivity index is 1.54. The number of anilines is 1. The average Bonchev–Trinajstić information content (AvgIpc) is 3.28. The number of carbonyl (C=O) groups excluding carboxylic acids is 2. The van der Waals surface area contributed by atoms with Crippen molar-refractivity contribution in [3.05, 3.63) is 47.9 Å². The van der Waals surface area contributed by atoms with E-state index in [0.717, 1.165) is 17.3 Å². The van der Waals surface area contributed by atoms with Crippen LogP contribution in [-0.2, 0) is 4.79 Å². The first-order valence-corrected chi connectivity index (χ1v) is 9.05. The van der Waals surface area contributed by atoms with Crippen molar-refractivity contribution in [1.82, 2.24) is 15.1 Å². The molecule has 1 aromatic carbocycles. The van der Waals surface area contributed by atoms with Crippen molar-refractivity contribution in [3.63, 3.8) is 0 Å². The Morgan fingerprint density at radius 1 is 1.15 bits per heavy atom. The first-order chi connectivity index (χ1) is 12.9. The first kappa shape index (κ1) is 18.7. The number of thioether (sulfide) groups is 1. The maximum Gasteiger partial charge on any atom is 0.277 e. The SMILES string of the molecule is Cc1occc1-c1nnc(SCC(=O)Nc2ccc(C(=O)N(C)C)cc2)o1. The van der Waals surface area contributed by atoms with Crippen LogP contribution in [0.15, 0.2) is 50.7 Å². The smallest absolute Gasteiger partial charge is 0.277 e. The zero-order chi connectivity index (χ0) is 19.4. The minimum Gasteiger partial charge on any atom is -0.469 e. The van der Waals surface area contributed by atoms with Crippen LogP contribution < -0.4 is 5.32 Å². The molecule has 0 bridgehead atoms. The van der Waals surface area contributed by atoms with Crippen LogP contribution in [0.4, 0.5) is 5.69 Å². The highest BCUT2D eigenvalue weighted by Gasteiger charge is 2.14. The van der Waals surface area contributed by atoms with Crippen molar-refractivity contribution >= 4 is 29.3 Å². The van der Waals surface area contributed by atoms with Crippen LogP contribution in [0.2, 0.25) is 0 Å². The Labute approximate surface area is 159 Å². The number of aromatic nitrogens is 2. The summed E-state index contributed by atoms with van der Waals surface area (Å²) >= 11 is 1.14. The zero-order valence-electron chi connectivity index (χ0n) is 15.1. The van der Waals surface area contributed by atoms with Crippen LogP contribution in [0.25, 0.3) is 11.5 Å². The van der Waals surface area contributed by atoms with Gasteiger partial charge in [-0.3, -0.25) is 9.59 Å². The highest BCUT2D eigenvalue weighted by Crippen LogP contribution is 2.26. The third-order valence-electron chi connectivity index (χ3n) is 3.64. The molecule has 3 rings (SSSR count). The fourth-order valence-corrected chi connectivity index (χ4v) is 2.83. The zero-order valence-corrected chi connectivity index (χ0v) is 15.9. The van der Waals surface area contributed by atoms with Gasteiger partial charge >= 0.3 is 0 Å². The third kappa shape index (κ3) is 4.56. The summed E-state index contributed by atoms with van der Waals surface area (Å²) in [5.74, 6) is 0.841. The molecule has 8 nitrogen and oxygen atoms in total. The molecule has 0 fully saturated rings. The number of furan rings is 1. The van der Waals surface area contributed by atoms with Crippen molar-refractivity contribution in [2.24, 2.45) is 0 Å². The molecule has 0 unspecified atom stereocenters. The lowest BCUT2D eigenvalue weighted by atomic mass is 10.2. The number of hydrogen-bond acceptors (Lipinski definition) is 7. The number of carbonyl (C=O) groups is 2. The highest BCUT2D eigenvalue weighted by atomic mass is 32.2. The van der Waals surface area contributed by atoms with Crippen molar-refractivity contribution in [1.29, 1.82) is 0 Å². The van der Waals surface area contributed by atoms with E-state index >= 15 is 0 Å². The number of hydrogen-bond donors (Lipinski definition) is 1. The van der Waals surface area contributed by atoms with Crippen LogP contribution in [0.5, 0.6) is 0 Å². The number of benzene rings is 1. The van der Waals surface area contributed by atoms with Crippen molar-refractivity contribution in [2.45, 2.75) is 12.1 Å². The molecule has 0 radical (unpaired) electrons. The summed E-state index contributed by atoms with van der Waals surface area (Å²) in [5, 5.41) is 10.9. The van der Waals surface area contributed by atoms with Crippen molar-refractivity contribution in [3.8, 4) is 11.5 Å². The molecule has 140 valence electrons. The second-order valence-electron chi connectivity index (χ2n) is 5.88. The van der Waals surface area contributed by atoms with Crippen LogP contribution in [-0.4, -0.2) is 46.8 Å². The van der Waals surface area contributed by atoms with E-state index in [9.17, 15) is 9.59 Å². The van der Waals surface area contributed by atoms with Gasteiger partial charge < -0.3 is 19.1 Å². The third-order valence-corrected chi connectivity index (χ3v) is 4.46. The topological polar surface area (TPSA) is 101 Å². The molecule has 0 saturated heterocycles. The lowest BCUT2D eigenvalue weighted by Gasteiger charge is -2.10. The Bertz CT molecular complexity index is 946. The predicted molar refractivity (Wildman–Crippen MR) is 101 cm³/mol. The molecule has 27 heavy (non-hydrogen) atoms.